The average molecular weight is 344 g/mol. The Labute approximate surface area is 151 Å². The average Bonchev–Trinajstić information content (AvgIpc) is 2.50. The van der Waals surface area contributed by atoms with Gasteiger partial charge in [-0.2, -0.15) is 0 Å². The van der Waals surface area contributed by atoms with Gasteiger partial charge in [-0.3, -0.25) is 14.5 Å². The zero-order chi connectivity index (χ0) is 17.8. The molecule has 1 N–H and O–H groups in total. The zero-order valence-electron chi connectivity index (χ0n) is 15.9. The summed E-state index contributed by atoms with van der Waals surface area (Å²) < 4.78 is 0. The van der Waals surface area contributed by atoms with Crippen molar-refractivity contribution >= 4 is 11.7 Å². The highest BCUT2D eigenvalue weighted by molar-refractivity contribution is 5.76. The summed E-state index contributed by atoms with van der Waals surface area (Å²) in [6.45, 7) is 6.89. The quantitative estimate of drug-likeness (QED) is 0.853. The first kappa shape index (κ1) is 17.3. The highest BCUT2D eigenvalue weighted by Gasteiger charge is 2.60. The first-order valence-corrected chi connectivity index (χ1v) is 10.2. The SMILES string of the molecule is CC(=O)CC1CCC2=C(NC(C)=O)CC3CC(C)CC24C3CCCN14. The third-order valence-electron chi connectivity index (χ3n) is 7.35. The molecule has 5 unspecified atom stereocenters. The van der Waals surface area contributed by atoms with Gasteiger partial charge in [0.2, 0.25) is 5.91 Å². The fourth-order valence-corrected chi connectivity index (χ4v) is 6.94. The number of hydrogen-bond donors (Lipinski definition) is 1. The summed E-state index contributed by atoms with van der Waals surface area (Å²) >= 11 is 0. The number of rotatable bonds is 3. The Hall–Kier alpha value is -1.16. The Bertz CT molecular complexity index is 625. The molecular weight excluding hydrogens is 312 g/mol. The molecule has 0 radical (unpaired) electrons. The molecule has 5 atom stereocenters. The topological polar surface area (TPSA) is 49.4 Å². The molecule has 1 amide bonds. The van der Waals surface area contributed by atoms with Gasteiger partial charge in [-0.1, -0.05) is 6.92 Å². The van der Waals surface area contributed by atoms with Crippen molar-refractivity contribution in [2.45, 2.75) is 83.7 Å². The van der Waals surface area contributed by atoms with Crippen molar-refractivity contribution in [3.8, 4) is 0 Å². The summed E-state index contributed by atoms with van der Waals surface area (Å²) in [5.41, 5.74) is 2.87. The summed E-state index contributed by atoms with van der Waals surface area (Å²) in [6, 6.07) is 0.395. The van der Waals surface area contributed by atoms with Gasteiger partial charge in [0, 0.05) is 30.6 Å². The molecular formula is C21H32N2O2. The lowest BCUT2D eigenvalue weighted by molar-refractivity contribution is -0.125. The maximum absolute atomic E-state index is 11.9. The van der Waals surface area contributed by atoms with E-state index in [9.17, 15) is 9.59 Å². The van der Waals surface area contributed by atoms with E-state index >= 15 is 0 Å². The Balaban J connectivity index is 1.81. The third-order valence-corrected chi connectivity index (χ3v) is 7.35. The van der Waals surface area contributed by atoms with Crippen molar-refractivity contribution < 1.29 is 9.59 Å². The van der Waals surface area contributed by atoms with Crippen LogP contribution in [0.15, 0.2) is 11.3 Å². The van der Waals surface area contributed by atoms with Crippen LogP contribution in [0.3, 0.4) is 0 Å². The van der Waals surface area contributed by atoms with Gasteiger partial charge in [0.05, 0.1) is 0 Å². The predicted molar refractivity (Wildman–Crippen MR) is 97.8 cm³/mol. The van der Waals surface area contributed by atoms with E-state index in [4.69, 9.17) is 0 Å². The first-order valence-electron chi connectivity index (χ1n) is 10.2. The monoisotopic (exact) mass is 344 g/mol. The fraction of sp³-hybridized carbons (Fsp3) is 0.810. The highest BCUT2D eigenvalue weighted by atomic mass is 16.1. The minimum Gasteiger partial charge on any atom is -0.330 e. The number of allylic oxidation sites excluding steroid dienone is 1. The van der Waals surface area contributed by atoms with Crippen molar-refractivity contribution in [1.29, 1.82) is 0 Å². The van der Waals surface area contributed by atoms with E-state index in [1.165, 1.54) is 37.0 Å². The zero-order valence-corrected chi connectivity index (χ0v) is 15.9. The molecule has 1 saturated carbocycles. The van der Waals surface area contributed by atoms with Crippen molar-refractivity contribution in [1.82, 2.24) is 10.2 Å². The molecule has 4 heteroatoms. The number of hydrogen-bond acceptors (Lipinski definition) is 3. The summed E-state index contributed by atoms with van der Waals surface area (Å²) in [5.74, 6) is 2.52. The standard InChI is InChI=1S/C21H32N2O2/c1-13-9-16-11-20(22-15(3)25)19-7-6-17(10-14(2)24)23-8-4-5-18(16)21(19,23)12-13/h13,16-18H,4-12H2,1-3H3,(H,22,25). The van der Waals surface area contributed by atoms with Crippen LogP contribution in [-0.4, -0.2) is 34.7 Å². The van der Waals surface area contributed by atoms with Crippen molar-refractivity contribution in [2.75, 3.05) is 6.54 Å². The van der Waals surface area contributed by atoms with Crippen LogP contribution in [0.5, 0.6) is 0 Å². The molecule has 2 aliphatic carbocycles. The van der Waals surface area contributed by atoms with Crippen molar-refractivity contribution in [3.05, 3.63) is 11.3 Å². The second-order valence-corrected chi connectivity index (χ2v) is 9.11. The smallest absolute Gasteiger partial charge is 0.220 e. The number of nitrogens with one attached hydrogen (secondary N) is 1. The van der Waals surface area contributed by atoms with Gasteiger partial charge in [-0.05, 0) is 81.7 Å². The largest absolute Gasteiger partial charge is 0.330 e. The summed E-state index contributed by atoms with van der Waals surface area (Å²) in [5, 5.41) is 3.21. The Morgan fingerprint density at radius 2 is 2.08 bits per heavy atom. The van der Waals surface area contributed by atoms with Gasteiger partial charge in [0.15, 0.2) is 0 Å². The van der Waals surface area contributed by atoms with Crippen molar-refractivity contribution in [3.63, 3.8) is 0 Å². The number of carbonyl (C=O) groups excluding carboxylic acids is 2. The molecule has 2 bridgehead atoms. The number of amides is 1. The normalized spacial score (nSPS) is 40.4. The second kappa shape index (κ2) is 6.22. The lowest BCUT2D eigenvalue weighted by Gasteiger charge is -2.66. The number of ketones is 1. The Kier molecular flexibility index (Phi) is 4.30. The molecule has 2 heterocycles. The van der Waals surface area contributed by atoms with Gasteiger partial charge in [-0.15, -0.1) is 0 Å². The molecule has 4 rings (SSSR count). The minimum atomic E-state index is 0.0664. The minimum absolute atomic E-state index is 0.0664. The van der Waals surface area contributed by atoms with Crippen molar-refractivity contribution in [2.24, 2.45) is 17.8 Å². The van der Waals surface area contributed by atoms with Crippen LogP contribution in [0.4, 0.5) is 0 Å². The molecule has 25 heavy (non-hydrogen) atoms. The van der Waals surface area contributed by atoms with E-state index < -0.39 is 0 Å². The summed E-state index contributed by atoms with van der Waals surface area (Å²) in [6.07, 6.45) is 8.93. The van der Waals surface area contributed by atoms with Crippen LogP contribution in [0.2, 0.25) is 0 Å². The molecule has 0 aromatic rings. The fourth-order valence-electron chi connectivity index (χ4n) is 6.94. The Morgan fingerprint density at radius 3 is 2.80 bits per heavy atom. The van der Waals surface area contributed by atoms with Gasteiger partial charge < -0.3 is 5.32 Å². The molecule has 3 fully saturated rings. The molecule has 138 valence electrons. The van der Waals surface area contributed by atoms with Gasteiger partial charge in [0.25, 0.3) is 0 Å². The molecule has 4 aliphatic rings. The molecule has 4 nitrogen and oxygen atoms in total. The highest BCUT2D eigenvalue weighted by Crippen LogP contribution is 2.60. The third kappa shape index (κ3) is 2.68. The number of carbonyl (C=O) groups is 2. The van der Waals surface area contributed by atoms with Gasteiger partial charge in [0.1, 0.15) is 5.78 Å². The maximum atomic E-state index is 11.9. The van der Waals surface area contributed by atoms with Crippen LogP contribution in [-0.2, 0) is 9.59 Å². The van der Waals surface area contributed by atoms with E-state index in [1.54, 1.807) is 13.8 Å². The number of piperidine rings is 2. The number of Topliss-reactive ketones (excluding diaryl/α,β-unsaturated/α-hetero) is 1. The van der Waals surface area contributed by atoms with Crippen LogP contribution < -0.4 is 5.32 Å². The molecule has 0 aromatic heterocycles. The van der Waals surface area contributed by atoms with Gasteiger partial charge in [-0.25, -0.2) is 0 Å². The molecule has 2 aliphatic heterocycles. The first-order chi connectivity index (χ1) is 11.9. The van der Waals surface area contributed by atoms with E-state index in [0.717, 1.165) is 37.6 Å². The summed E-state index contributed by atoms with van der Waals surface area (Å²) in [4.78, 5) is 26.4. The molecule has 2 saturated heterocycles. The van der Waals surface area contributed by atoms with Crippen LogP contribution in [0.25, 0.3) is 0 Å². The summed E-state index contributed by atoms with van der Waals surface area (Å²) in [7, 11) is 0. The number of nitrogens with zero attached hydrogens (tertiary/aromatic N) is 1. The van der Waals surface area contributed by atoms with E-state index in [2.05, 4.69) is 17.1 Å². The lowest BCUT2D eigenvalue weighted by atomic mass is 9.51. The van der Waals surface area contributed by atoms with Crippen LogP contribution in [0.1, 0.15) is 72.1 Å². The Morgan fingerprint density at radius 1 is 1.28 bits per heavy atom. The van der Waals surface area contributed by atoms with Crippen LogP contribution in [0, 0.1) is 17.8 Å². The lowest BCUT2D eigenvalue weighted by Crippen LogP contribution is -2.69. The predicted octanol–water partition coefficient (Wildman–Crippen LogP) is 3.42. The second-order valence-electron chi connectivity index (χ2n) is 9.11. The maximum Gasteiger partial charge on any atom is 0.220 e. The van der Waals surface area contributed by atoms with E-state index in [1.807, 2.05) is 0 Å². The molecule has 0 aromatic carbocycles. The molecule has 1 spiro atoms. The van der Waals surface area contributed by atoms with E-state index in [-0.39, 0.29) is 11.4 Å². The van der Waals surface area contributed by atoms with Crippen LogP contribution >= 0.6 is 0 Å². The van der Waals surface area contributed by atoms with E-state index in [0.29, 0.717) is 24.2 Å². The van der Waals surface area contributed by atoms with Gasteiger partial charge >= 0.3 is 0 Å².